The van der Waals surface area contributed by atoms with E-state index in [1.807, 2.05) is 6.07 Å². The van der Waals surface area contributed by atoms with Gasteiger partial charge in [0.25, 0.3) is 11.8 Å². The minimum atomic E-state index is -3.25. The van der Waals surface area contributed by atoms with E-state index >= 15 is 0 Å². The van der Waals surface area contributed by atoms with Crippen molar-refractivity contribution in [2.24, 2.45) is 0 Å². The molecule has 0 aliphatic carbocycles. The maximum absolute atomic E-state index is 13.2. The number of sulfone groups is 1. The van der Waals surface area contributed by atoms with Gasteiger partial charge in [-0.2, -0.15) is 0 Å². The summed E-state index contributed by atoms with van der Waals surface area (Å²) in [6.45, 7) is 4.89. The molecule has 2 N–H and O–H groups in total. The van der Waals surface area contributed by atoms with E-state index in [2.05, 4.69) is 35.4 Å². The first-order chi connectivity index (χ1) is 20.7. The Labute approximate surface area is 254 Å². The smallest absolute Gasteiger partial charge is 0.316 e. The Morgan fingerprint density at radius 3 is 2.56 bits per heavy atom. The van der Waals surface area contributed by atoms with Crippen LogP contribution in [0.4, 0.5) is 10.8 Å². The maximum atomic E-state index is 13.2. The van der Waals surface area contributed by atoms with Crippen LogP contribution in [0.25, 0.3) is 0 Å². The second-order valence-corrected chi connectivity index (χ2v) is 13.6. The zero-order valence-corrected chi connectivity index (χ0v) is 25.5. The second-order valence-electron chi connectivity index (χ2n) is 10.5. The number of anilines is 2. The van der Waals surface area contributed by atoms with Crippen molar-refractivity contribution >= 4 is 43.8 Å². The molecule has 2 saturated heterocycles. The summed E-state index contributed by atoms with van der Waals surface area (Å²) in [5.74, 6) is -1.08. The number of morpholine rings is 1. The van der Waals surface area contributed by atoms with E-state index in [1.54, 1.807) is 36.0 Å². The number of nitrogens with zero attached hydrogens (tertiary/aromatic N) is 5. The van der Waals surface area contributed by atoms with Crippen LogP contribution in [0.5, 0.6) is 6.01 Å². The molecule has 13 nitrogen and oxygen atoms in total. The highest BCUT2D eigenvalue weighted by Gasteiger charge is 2.25. The van der Waals surface area contributed by atoms with E-state index in [-0.39, 0.29) is 29.7 Å². The molecule has 2 aliphatic heterocycles. The molecular formula is C28H35N7O6S2. The summed E-state index contributed by atoms with van der Waals surface area (Å²) >= 11 is 1.38. The van der Waals surface area contributed by atoms with Gasteiger partial charge in [0.15, 0.2) is 5.13 Å². The molecule has 0 radical (unpaired) electrons. The van der Waals surface area contributed by atoms with Crippen LogP contribution in [0.3, 0.4) is 0 Å². The van der Waals surface area contributed by atoms with Crippen molar-refractivity contribution in [1.29, 1.82) is 0 Å². The summed E-state index contributed by atoms with van der Waals surface area (Å²) < 4.78 is 34.4. The number of carbonyl (C=O) groups is 2. The Morgan fingerprint density at radius 2 is 1.84 bits per heavy atom. The van der Waals surface area contributed by atoms with E-state index in [0.29, 0.717) is 44.5 Å². The average Bonchev–Trinajstić information content (AvgIpc) is 3.49. The van der Waals surface area contributed by atoms with E-state index in [4.69, 9.17) is 9.47 Å². The number of nitrogens with one attached hydrogen (secondary N) is 2. The van der Waals surface area contributed by atoms with Gasteiger partial charge in [-0.05, 0) is 23.8 Å². The van der Waals surface area contributed by atoms with Crippen LogP contribution in [-0.4, -0.2) is 104 Å². The summed E-state index contributed by atoms with van der Waals surface area (Å²) in [7, 11) is -3.25. The second kappa shape index (κ2) is 14.2. The summed E-state index contributed by atoms with van der Waals surface area (Å²) in [4.78, 5) is 43.5. The molecule has 4 heterocycles. The Morgan fingerprint density at radius 1 is 1.09 bits per heavy atom. The Bertz CT molecular complexity index is 1500. The quantitative estimate of drug-likeness (QED) is 0.319. The molecular weight excluding hydrogens is 594 g/mol. The lowest BCUT2D eigenvalue weighted by Gasteiger charge is -2.31. The van der Waals surface area contributed by atoms with Gasteiger partial charge >= 0.3 is 6.01 Å². The fourth-order valence-corrected chi connectivity index (χ4v) is 6.14. The number of rotatable bonds is 11. The van der Waals surface area contributed by atoms with Crippen LogP contribution in [0.15, 0.2) is 42.0 Å². The van der Waals surface area contributed by atoms with E-state index in [9.17, 15) is 18.0 Å². The lowest BCUT2D eigenvalue weighted by atomic mass is 10.1. The van der Waals surface area contributed by atoms with Crippen molar-refractivity contribution in [2.75, 3.05) is 68.2 Å². The summed E-state index contributed by atoms with van der Waals surface area (Å²) in [6.07, 6.45) is 5.96. The molecule has 2 fully saturated rings. The first kappa shape index (κ1) is 30.8. The van der Waals surface area contributed by atoms with Crippen LogP contribution in [0.1, 0.15) is 39.3 Å². The highest BCUT2D eigenvalue weighted by molar-refractivity contribution is 7.90. The van der Waals surface area contributed by atoms with Crippen molar-refractivity contribution < 1.29 is 27.5 Å². The predicted molar refractivity (Wildman–Crippen MR) is 163 cm³/mol. The number of piperidine rings is 1. The number of thiazole rings is 1. The normalized spacial score (nSPS) is 16.5. The number of benzene rings is 1. The van der Waals surface area contributed by atoms with Crippen molar-refractivity contribution in [1.82, 2.24) is 25.2 Å². The van der Waals surface area contributed by atoms with E-state index < -0.39 is 21.7 Å². The third-order valence-electron chi connectivity index (χ3n) is 7.10. The third-order valence-corrected chi connectivity index (χ3v) is 8.94. The Balaban J connectivity index is 1.23. The Hall–Kier alpha value is -3.66. The minimum absolute atomic E-state index is 0.00889. The molecule has 15 heteroatoms. The lowest BCUT2D eigenvalue weighted by Crippen LogP contribution is -2.38. The van der Waals surface area contributed by atoms with Gasteiger partial charge in [-0.25, -0.2) is 23.4 Å². The summed E-state index contributed by atoms with van der Waals surface area (Å²) in [5, 5.41) is 7.93. The topological polar surface area (TPSA) is 156 Å². The molecule has 0 unspecified atom stereocenters. The highest BCUT2D eigenvalue weighted by Crippen LogP contribution is 2.27. The Kier molecular flexibility index (Phi) is 10.2. The van der Waals surface area contributed by atoms with Crippen LogP contribution in [0.2, 0.25) is 0 Å². The molecule has 0 bridgehead atoms. The van der Waals surface area contributed by atoms with Crippen molar-refractivity contribution in [2.45, 2.75) is 25.5 Å². The van der Waals surface area contributed by atoms with Gasteiger partial charge < -0.3 is 25.0 Å². The number of hydrogen-bond donors (Lipinski definition) is 2. The SMILES string of the molecule is CS(=O)(=O)CCNC(=O)c1cc(CN2CCOCC2)ccc1NC(=O)c1csc(N2CCC(Oc3ncccn3)CC2)n1. The standard InChI is InChI=1S/C28H35N7O6S2/c1-43(38,39)16-9-29-25(36)22-17-20(18-34-12-14-40-15-13-34)3-4-23(22)32-26(37)24-19-42-28(33-24)35-10-5-21(6-11-35)41-27-30-7-2-8-31-27/h2-4,7-8,17,19,21H,5-6,9-16,18H2,1H3,(H,29,36)(H,32,37). The number of hydrogen-bond acceptors (Lipinski definition) is 12. The molecule has 1 aromatic carbocycles. The average molecular weight is 630 g/mol. The molecule has 3 aromatic rings. The molecule has 0 atom stereocenters. The number of carbonyl (C=O) groups excluding carboxylic acids is 2. The van der Waals surface area contributed by atoms with Crippen LogP contribution < -0.4 is 20.3 Å². The van der Waals surface area contributed by atoms with Crippen LogP contribution >= 0.6 is 11.3 Å². The van der Waals surface area contributed by atoms with Gasteiger partial charge in [0.2, 0.25) is 0 Å². The monoisotopic (exact) mass is 629 g/mol. The zero-order valence-electron chi connectivity index (χ0n) is 23.9. The van der Waals surface area contributed by atoms with E-state index in [0.717, 1.165) is 42.9 Å². The number of aromatic nitrogens is 3. The molecule has 230 valence electrons. The molecule has 2 amide bonds. The summed E-state index contributed by atoms with van der Waals surface area (Å²) in [6, 6.07) is 7.42. The van der Waals surface area contributed by atoms with E-state index in [1.165, 1.54) is 11.3 Å². The van der Waals surface area contributed by atoms with Gasteiger partial charge in [-0.3, -0.25) is 14.5 Å². The van der Waals surface area contributed by atoms with Gasteiger partial charge in [0.05, 0.1) is 30.2 Å². The first-order valence-corrected chi connectivity index (χ1v) is 17.0. The number of ether oxygens (including phenoxy) is 2. The van der Waals surface area contributed by atoms with Crippen molar-refractivity contribution in [3.63, 3.8) is 0 Å². The maximum Gasteiger partial charge on any atom is 0.316 e. The fraction of sp³-hybridized carbons (Fsp3) is 0.464. The summed E-state index contributed by atoms with van der Waals surface area (Å²) in [5.41, 5.74) is 1.72. The third kappa shape index (κ3) is 8.92. The molecule has 2 aliphatic rings. The largest absolute Gasteiger partial charge is 0.460 e. The zero-order chi connectivity index (χ0) is 30.2. The van der Waals surface area contributed by atoms with Crippen LogP contribution in [-0.2, 0) is 21.1 Å². The van der Waals surface area contributed by atoms with Crippen molar-refractivity contribution in [3.05, 3.63) is 58.9 Å². The minimum Gasteiger partial charge on any atom is -0.460 e. The van der Waals surface area contributed by atoms with Gasteiger partial charge in [-0.1, -0.05) is 6.07 Å². The lowest BCUT2D eigenvalue weighted by molar-refractivity contribution is 0.0342. The van der Waals surface area contributed by atoms with Crippen molar-refractivity contribution in [3.8, 4) is 6.01 Å². The molecule has 43 heavy (non-hydrogen) atoms. The van der Waals surface area contributed by atoms with Gasteiger partial charge in [0, 0.05) is 76.1 Å². The van der Waals surface area contributed by atoms with Gasteiger partial charge in [0.1, 0.15) is 21.6 Å². The fourth-order valence-electron chi connectivity index (χ4n) is 4.81. The predicted octanol–water partition coefficient (Wildman–Crippen LogP) is 1.84. The van der Waals surface area contributed by atoms with Crippen LogP contribution in [0, 0.1) is 0 Å². The molecule has 0 spiro atoms. The molecule has 5 rings (SSSR count). The number of amides is 2. The first-order valence-electron chi connectivity index (χ1n) is 14.1. The molecule has 2 aromatic heterocycles. The van der Waals surface area contributed by atoms with Gasteiger partial charge in [-0.15, -0.1) is 11.3 Å². The molecule has 0 saturated carbocycles. The highest BCUT2D eigenvalue weighted by atomic mass is 32.2.